The van der Waals surface area contributed by atoms with Gasteiger partial charge in [0.15, 0.2) is 0 Å². The maximum Gasteiger partial charge on any atom is 0.253 e. The first kappa shape index (κ1) is 19.2. The number of hydrogen-bond donors (Lipinski definition) is 2. The van der Waals surface area contributed by atoms with Gasteiger partial charge < -0.3 is 19.8 Å². The summed E-state index contributed by atoms with van der Waals surface area (Å²) in [5.41, 5.74) is 2.70. The van der Waals surface area contributed by atoms with Crippen LogP contribution < -0.4 is 15.4 Å². The van der Waals surface area contributed by atoms with Gasteiger partial charge in [0.05, 0.1) is 37.6 Å². The van der Waals surface area contributed by atoms with E-state index in [9.17, 15) is 9.59 Å². The van der Waals surface area contributed by atoms with E-state index in [1.165, 1.54) is 0 Å². The van der Waals surface area contributed by atoms with E-state index in [1.54, 1.807) is 49.8 Å². The highest BCUT2D eigenvalue weighted by molar-refractivity contribution is 6.04. The first-order valence-corrected chi connectivity index (χ1v) is 8.90. The number of methoxy groups -OCH3 is 1. The molecule has 3 rings (SSSR count). The SMILES string of the molecule is COc1ccc(CC(=O)Nc2ccccc2C(=O)NCc2ccco2)cc1C. The van der Waals surface area contributed by atoms with Crippen molar-refractivity contribution in [1.82, 2.24) is 5.32 Å². The lowest BCUT2D eigenvalue weighted by Crippen LogP contribution is -2.25. The molecule has 0 aliphatic heterocycles. The quantitative estimate of drug-likeness (QED) is 0.657. The predicted molar refractivity (Wildman–Crippen MR) is 106 cm³/mol. The lowest BCUT2D eigenvalue weighted by Gasteiger charge is -2.12. The zero-order valence-corrected chi connectivity index (χ0v) is 15.8. The van der Waals surface area contributed by atoms with Crippen molar-refractivity contribution in [2.45, 2.75) is 19.9 Å². The standard InChI is InChI=1S/C22H22N2O4/c1-15-12-16(9-10-20(15)27-2)13-21(25)24-19-8-4-3-7-18(19)22(26)23-14-17-6-5-11-28-17/h3-12H,13-14H2,1-2H3,(H,23,26)(H,24,25). The normalized spacial score (nSPS) is 10.4. The number of amides is 2. The predicted octanol–water partition coefficient (Wildman–Crippen LogP) is 3.71. The molecule has 2 N–H and O–H groups in total. The zero-order valence-electron chi connectivity index (χ0n) is 15.8. The highest BCUT2D eigenvalue weighted by atomic mass is 16.5. The van der Waals surface area contributed by atoms with Crippen LogP contribution in [-0.4, -0.2) is 18.9 Å². The Labute approximate surface area is 163 Å². The number of carbonyl (C=O) groups is 2. The zero-order chi connectivity index (χ0) is 19.9. The third-order valence-corrected chi connectivity index (χ3v) is 4.27. The molecule has 1 heterocycles. The number of furan rings is 1. The van der Waals surface area contributed by atoms with Crippen molar-refractivity contribution in [3.8, 4) is 5.75 Å². The summed E-state index contributed by atoms with van der Waals surface area (Å²) >= 11 is 0. The Bertz CT molecular complexity index is 964. The topological polar surface area (TPSA) is 80.6 Å². The molecule has 0 aliphatic rings. The number of benzene rings is 2. The van der Waals surface area contributed by atoms with E-state index in [1.807, 2.05) is 25.1 Å². The largest absolute Gasteiger partial charge is 0.496 e. The number of nitrogens with one attached hydrogen (secondary N) is 2. The Morgan fingerprint density at radius 2 is 1.89 bits per heavy atom. The minimum Gasteiger partial charge on any atom is -0.496 e. The molecule has 0 radical (unpaired) electrons. The van der Waals surface area contributed by atoms with Crippen LogP contribution in [0, 0.1) is 6.92 Å². The van der Waals surface area contributed by atoms with Crippen LogP contribution in [0.1, 0.15) is 27.2 Å². The molecule has 0 fully saturated rings. The van der Waals surface area contributed by atoms with Crippen molar-refractivity contribution in [2.75, 3.05) is 12.4 Å². The summed E-state index contributed by atoms with van der Waals surface area (Å²) in [7, 11) is 1.61. The summed E-state index contributed by atoms with van der Waals surface area (Å²) in [6.07, 6.45) is 1.75. The molecule has 144 valence electrons. The monoisotopic (exact) mass is 378 g/mol. The van der Waals surface area contributed by atoms with Gasteiger partial charge in [-0.3, -0.25) is 9.59 Å². The van der Waals surface area contributed by atoms with E-state index < -0.39 is 0 Å². The lowest BCUT2D eigenvalue weighted by atomic mass is 10.1. The molecule has 28 heavy (non-hydrogen) atoms. The van der Waals surface area contributed by atoms with Crippen LogP contribution in [0.2, 0.25) is 0 Å². The number of para-hydroxylation sites is 1. The molecule has 0 unspecified atom stereocenters. The molecule has 0 spiro atoms. The number of aryl methyl sites for hydroxylation is 1. The van der Waals surface area contributed by atoms with Gasteiger partial charge in [0.1, 0.15) is 11.5 Å². The maximum atomic E-state index is 12.5. The number of carbonyl (C=O) groups excluding carboxylic acids is 2. The third-order valence-electron chi connectivity index (χ3n) is 4.27. The van der Waals surface area contributed by atoms with Crippen molar-refractivity contribution in [3.63, 3.8) is 0 Å². The average molecular weight is 378 g/mol. The minimum atomic E-state index is -0.285. The van der Waals surface area contributed by atoms with E-state index in [2.05, 4.69) is 10.6 Å². The number of ether oxygens (including phenoxy) is 1. The number of rotatable bonds is 7. The van der Waals surface area contributed by atoms with Gasteiger partial charge in [-0.05, 0) is 48.4 Å². The molecule has 0 bridgehead atoms. The summed E-state index contributed by atoms with van der Waals surface area (Å²) in [6, 6.07) is 16.1. The summed E-state index contributed by atoms with van der Waals surface area (Å²) in [6.45, 7) is 2.21. The first-order valence-electron chi connectivity index (χ1n) is 8.90. The molecule has 1 aromatic heterocycles. The van der Waals surface area contributed by atoms with Gasteiger partial charge in [0, 0.05) is 0 Å². The van der Waals surface area contributed by atoms with Crippen molar-refractivity contribution in [2.24, 2.45) is 0 Å². The molecule has 3 aromatic rings. The second kappa shape index (κ2) is 8.90. The van der Waals surface area contributed by atoms with Crippen LogP contribution in [0.15, 0.2) is 65.3 Å². The van der Waals surface area contributed by atoms with Crippen molar-refractivity contribution >= 4 is 17.5 Å². The van der Waals surface area contributed by atoms with Gasteiger partial charge in [-0.25, -0.2) is 0 Å². The Morgan fingerprint density at radius 1 is 1.07 bits per heavy atom. The van der Waals surface area contributed by atoms with Gasteiger partial charge >= 0.3 is 0 Å². The Hall–Kier alpha value is -3.54. The van der Waals surface area contributed by atoms with Crippen LogP contribution in [0.5, 0.6) is 5.75 Å². The summed E-state index contributed by atoms with van der Waals surface area (Å²) < 4.78 is 10.5. The maximum absolute atomic E-state index is 12.5. The fraction of sp³-hybridized carbons (Fsp3) is 0.182. The van der Waals surface area contributed by atoms with Gasteiger partial charge in [-0.2, -0.15) is 0 Å². The lowest BCUT2D eigenvalue weighted by molar-refractivity contribution is -0.115. The first-order chi connectivity index (χ1) is 13.6. The molecule has 2 amide bonds. The van der Waals surface area contributed by atoms with E-state index in [-0.39, 0.29) is 24.8 Å². The Kier molecular flexibility index (Phi) is 6.11. The van der Waals surface area contributed by atoms with Crippen LogP contribution in [0.3, 0.4) is 0 Å². The van der Waals surface area contributed by atoms with Crippen LogP contribution in [-0.2, 0) is 17.8 Å². The van der Waals surface area contributed by atoms with Gasteiger partial charge in [-0.15, -0.1) is 0 Å². The molecule has 0 saturated carbocycles. The fourth-order valence-corrected chi connectivity index (χ4v) is 2.90. The van der Waals surface area contributed by atoms with Gasteiger partial charge in [0.25, 0.3) is 5.91 Å². The molecular formula is C22H22N2O4. The molecule has 0 saturated heterocycles. The molecule has 0 atom stereocenters. The van der Waals surface area contributed by atoms with Crippen LogP contribution in [0.25, 0.3) is 0 Å². The molecular weight excluding hydrogens is 356 g/mol. The smallest absolute Gasteiger partial charge is 0.253 e. The number of hydrogen-bond acceptors (Lipinski definition) is 4. The highest BCUT2D eigenvalue weighted by Crippen LogP contribution is 2.20. The van der Waals surface area contributed by atoms with Crippen LogP contribution in [0.4, 0.5) is 5.69 Å². The highest BCUT2D eigenvalue weighted by Gasteiger charge is 2.14. The summed E-state index contributed by atoms with van der Waals surface area (Å²) in [5, 5.41) is 5.61. The van der Waals surface area contributed by atoms with Gasteiger partial charge in [-0.1, -0.05) is 24.3 Å². The van der Waals surface area contributed by atoms with E-state index in [0.717, 1.165) is 16.9 Å². The van der Waals surface area contributed by atoms with E-state index in [4.69, 9.17) is 9.15 Å². The second-order valence-corrected chi connectivity index (χ2v) is 6.34. The minimum absolute atomic E-state index is 0.198. The van der Waals surface area contributed by atoms with Crippen LogP contribution >= 0.6 is 0 Å². The van der Waals surface area contributed by atoms with Crippen molar-refractivity contribution in [3.05, 3.63) is 83.3 Å². The fourth-order valence-electron chi connectivity index (χ4n) is 2.90. The Balaban J connectivity index is 1.66. The van der Waals surface area contributed by atoms with E-state index in [0.29, 0.717) is 17.0 Å². The summed E-state index contributed by atoms with van der Waals surface area (Å²) in [4.78, 5) is 25.0. The molecule has 6 nitrogen and oxygen atoms in total. The molecule has 2 aromatic carbocycles. The Morgan fingerprint density at radius 3 is 2.61 bits per heavy atom. The van der Waals surface area contributed by atoms with Crippen molar-refractivity contribution < 1.29 is 18.7 Å². The molecule has 6 heteroatoms. The second-order valence-electron chi connectivity index (χ2n) is 6.34. The number of anilines is 1. The van der Waals surface area contributed by atoms with Crippen molar-refractivity contribution in [1.29, 1.82) is 0 Å². The average Bonchev–Trinajstić information content (AvgIpc) is 3.20. The molecule has 0 aliphatic carbocycles. The third kappa shape index (κ3) is 4.79. The van der Waals surface area contributed by atoms with Gasteiger partial charge in [0.2, 0.25) is 5.91 Å². The van der Waals surface area contributed by atoms with E-state index >= 15 is 0 Å². The summed E-state index contributed by atoms with van der Waals surface area (Å²) in [5.74, 6) is 0.955.